The molecular formula is C19H20F3N3O2. The number of hydrogen-bond acceptors (Lipinski definition) is 4. The Bertz CT molecular complexity index is 751. The van der Waals surface area contributed by atoms with Crippen molar-refractivity contribution in [3.8, 4) is 5.75 Å². The van der Waals surface area contributed by atoms with Gasteiger partial charge in [-0.25, -0.2) is 10.9 Å². The molecule has 2 unspecified atom stereocenters. The van der Waals surface area contributed by atoms with Gasteiger partial charge in [-0.15, -0.1) is 0 Å². The van der Waals surface area contributed by atoms with E-state index in [9.17, 15) is 18.0 Å². The lowest BCUT2D eigenvalue weighted by Crippen LogP contribution is -2.42. The van der Waals surface area contributed by atoms with E-state index < -0.39 is 12.8 Å². The summed E-state index contributed by atoms with van der Waals surface area (Å²) >= 11 is 0. The Balaban J connectivity index is 1.45. The van der Waals surface area contributed by atoms with Crippen molar-refractivity contribution in [2.24, 2.45) is 0 Å². The summed E-state index contributed by atoms with van der Waals surface area (Å²) < 4.78 is 41.0. The lowest BCUT2D eigenvalue weighted by molar-refractivity contribution is -0.153. The number of amides is 1. The molecule has 1 heterocycles. The first-order valence-corrected chi connectivity index (χ1v) is 8.53. The van der Waals surface area contributed by atoms with E-state index in [1.165, 1.54) is 12.1 Å². The minimum Gasteiger partial charge on any atom is -0.484 e. The molecule has 1 saturated heterocycles. The van der Waals surface area contributed by atoms with Crippen molar-refractivity contribution in [3.63, 3.8) is 0 Å². The highest BCUT2D eigenvalue weighted by molar-refractivity contribution is 5.82. The highest BCUT2D eigenvalue weighted by Crippen LogP contribution is 2.22. The molecule has 144 valence electrons. The third-order valence-corrected chi connectivity index (χ3v) is 4.21. The molecule has 1 aliphatic rings. The maximum atomic E-state index is 12.3. The Morgan fingerprint density at radius 1 is 1.07 bits per heavy atom. The van der Waals surface area contributed by atoms with Crippen LogP contribution in [0.25, 0.3) is 0 Å². The van der Waals surface area contributed by atoms with E-state index in [0.717, 1.165) is 11.1 Å². The van der Waals surface area contributed by atoms with E-state index in [1.807, 2.05) is 30.3 Å². The fourth-order valence-corrected chi connectivity index (χ4v) is 2.81. The SMILES string of the molecule is O=C(NCc1ccc(OCC(F)(F)F)cc1)C1CC(c2ccccc2)NN1. The molecule has 2 atom stereocenters. The molecule has 0 aliphatic carbocycles. The van der Waals surface area contributed by atoms with Gasteiger partial charge in [-0.05, 0) is 29.7 Å². The summed E-state index contributed by atoms with van der Waals surface area (Å²) in [4.78, 5) is 12.3. The maximum Gasteiger partial charge on any atom is 0.422 e. The molecule has 0 saturated carbocycles. The molecule has 2 aromatic rings. The summed E-state index contributed by atoms with van der Waals surface area (Å²) in [5, 5.41) is 2.83. The number of benzene rings is 2. The van der Waals surface area contributed by atoms with Gasteiger partial charge in [0.15, 0.2) is 6.61 Å². The number of halogens is 3. The van der Waals surface area contributed by atoms with Gasteiger partial charge < -0.3 is 10.1 Å². The molecule has 2 aromatic carbocycles. The lowest BCUT2D eigenvalue weighted by atomic mass is 10.0. The quantitative estimate of drug-likeness (QED) is 0.722. The van der Waals surface area contributed by atoms with E-state index in [0.29, 0.717) is 6.42 Å². The van der Waals surface area contributed by atoms with Crippen molar-refractivity contribution in [2.45, 2.75) is 31.2 Å². The Kier molecular flexibility index (Phi) is 5.98. The predicted molar refractivity (Wildman–Crippen MR) is 93.7 cm³/mol. The molecule has 0 spiro atoms. The van der Waals surface area contributed by atoms with E-state index >= 15 is 0 Å². The molecule has 0 radical (unpaired) electrons. The lowest BCUT2D eigenvalue weighted by Gasteiger charge is -2.12. The third kappa shape index (κ3) is 5.70. The first-order valence-electron chi connectivity index (χ1n) is 8.53. The van der Waals surface area contributed by atoms with E-state index in [2.05, 4.69) is 20.9 Å². The van der Waals surface area contributed by atoms with Gasteiger partial charge in [0.1, 0.15) is 11.8 Å². The van der Waals surface area contributed by atoms with Gasteiger partial charge in [-0.2, -0.15) is 13.2 Å². The van der Waals surface area contributed by atoms with Crippen LogP contribution in [0.5, 0.6) is 5.75 Å². The molecule has 1 aliphatic heterocycles. The summed E-state index contributed by atoms with van der Waals surface area (Å²) in [6.45, 7) is -1.04. The van der Waals surface area contributed by atoms with Crippen molar-refractivity contribution in [1.82, 2.24) is 16.2 Å². The predicted octanol–water partition coefficient (Wildman–Crippen LogP) is 2.85. The number of alkyl halides is 3. The van der Waals surface area contributed by atoms with Crippen LogP contribution < -0.4 is 20.9 Å². The minimum atomic E-state index is -4.37. The number of ether oxygens (including phenoxy) is 1. The molecular weight excluding hydrogens is 359 g/mol. The first-order chi connectivity index (χ1) is 12.9. The molecule has 27 heavy (non-hydrogen) atoms. The van der Waals surface area contributed by atoms with Crippen LogP contribution >= 0.6 is 0 Å². The fourth-order valence-electron chi connectivity index (χ4n) is 2.81. The molecule has 0 bridgehead atoms. The highest BCUT2D eigenvalue weighted by Gasteiger charge is 2.30. The molecule has 5 nitrogen and oxygen atoms in total. The van der Waals surface area contributed by atoms with E-state index in [-0.39, 0.29) is 30.3 Å². The van der Waals surface area contributed by atoms with Crippen LogP contribution in [0.15, 0.2) is 54.6 Å². The van der Waals surface area contributed by atoms with E-state index in [4.69, 9.17) is 0 Å². The van der Waals surface area contributed by atoms with Crippen molar-refractivity contribution >= 4 is 5.91 Å². The smallest absolute Gasteiger partial charge is 0.422 e. The molecule has 8 heteroatoms. The van der Waals surface area contributed by atoms with Crippen molar-refractivity contribution in [3.05, 3.63) is 65.7 Å². The zero-order chi connectivity index (χ0) is 19.3. The second kappa shape index (κ2) is 8.41. The zero-order valence-electron chi connectivity index (χ0n) is 14.4. The van der Waals surface area contributed by atoms with Gasteiger partial charge in [-0.3, -0.25) is 4.79 Å². The normalized spacial score (nSPS) is 19.7. The second-order valence-electron chi connectivity index (χ2n) is 6.31. The topological polar surface area (TPSA) is 62.4 Å². The van der Waals surface area contributed by atoms with Crippen molar-refractivity contribution in [2.75, 3.05) is 6.61 Å². The number of nitrogens with one attached hydrogen (secondary N) is 3. The van der Waals surface area contributed by atoms with Crippen LogP contribution in [-0.2, 0) is 11.3 Å². The number of carbonyl (C=O) groups is 1. The Labute approximate surface area is 154 Å². The Morgan fingerprint density at radius 3 is 2.44 bits per heavy atom. The molecule has 0 aromatic heterocycles. The summed E-state index contributed by atoms with van der Waals surface area (Å²) in [5.41, 5.74) is 7.99. The number of rotatable bonds is 6. The summed E-state index contributed by atoms with van der Waals surface area (Å²) in [6, 6.07) is 15.7. The summed E-state index contributed by atoms with van der Waals surface area (Å²) in [6.07, 6.45) is -3.74. The van der Waals surface area contributed by atoms with Crippen molar-refractivity contribution in [1.29, 1.82) is 0 Å². The average molecular weight is 379 g/mol. The standard InChI is InChI=1S/C19H20F3N3O2/c20-19(21,22)12-27-15-8-6-13(7-9-15)11-23-18(26)17-10-16(24-25-17)14-4-2-1-3-5-14/h1-9,16-17,24-25H,10-12H2,(H,23,26). The first kappa shape index (κ1) is 19.2. The average Bonchev–Trinajstić information content (AvgIpc) is 3.16. The largest absolute Gasteiger partial charge is 0.484 e. The van der Waals surface area contributed by atoms with Gasteiger partial charge in [0.2, 0.25) is 5.91 Å². The van der Waals surface area contributed by atoms with Crippen LogP contribution in [0.1, 0.15) is 23.6 Å². The Morgan fingerprint density at radius 2 is 1.78 bits per heavy atom. The van der Waals surface area contributed by atoms with E-state index in [1.54, 1.807) is 12.1 Å². The molecule has 3 N–H and O–H groups in total. The van der Waals surface area contributed by atoms with Crippen molar-refractivity contribution < 1.29 is 22.7 Å². The van der Waals surface area contributed by atoms with Crippen LogP contribution in [0, 0.1) is 0 Å². The molecule has 1 fully saturated rings. The maximum absolute atomic E-state index is 12.3. The highest BCUT2D eigenvalue weighted by atomic mass is 19.4. The van der Waals surface area contributed by atoms with Crippen LogP contribution in [0.3, 0.4) is 0 Å². The van der Waals surface area contributed by atoms with Crippen LogP contribution in [0.4, 0.5) is 13.2 Å². The monoisotopic (exact) mass is 379 g/mol. The summed E-state index contributed by atoms with van der Waals surface area (Å²) in [7, 11) is 0. The third-order valence-electron chi connectivity index (χ3n) is 4.21. The Hall–Kier alpha value is -2.58. The fraction of sp³-hybridized carbons (Fsp3) is 0.316. The van der Waals surface area contributed by atoms with Gasteiger partial charge in [-0.1, -0.05) is 42.5 Å². The van der Waals surface area contributed by atoms with Crippen LogP contribution in [-0.4, -0.2) is 24.7 Å². The number of carbonyl (C=O) groups excluding carboxylic acids is 1. The minimum absolute atomic E-state index is 0.0621. The zero-order valence-corrected chi connectivity index (χ0v) is 14.4. The van der Waals surface area contributed by atoms with Crippen LogP contribution in [0.2, 0.25) is 0 Å². The number of hydrazine groups is 1. The molecule has 3 rings (SSSR count). The van der Waals surface area contributed by atoms with Gasteiger partial charge in [0.25, 0.3) is 0 Å². The van der Waals surface area contributed by atoms with Gasteiger partial charge in [0, 0.05) is 12.6 Å². The molecule has 1 amide bonds. The van der Waals surface area contributed by atoms with Gasteiger partial charge in [0.05, 0.1) is 0 Å². The summed E-state index contributed by atoms with van der Waals surface area (Å²) in [5.74, 6) is -0.00640. The van der Waals surface area contributed by atoms with Gasteiger partial charge >= 0.3 is 6.18 Å². The second-order valence-corrected chi connectivity index (χ2v) is 6.31. The number of hydrogen-bond donors (Lipinski definition) is 3.